The number of furan rings is 1. The summed E-state index contributed by atoms with van der Waals surface area (Å²) in [5.74, 6) is 0. The number of hydrogen-bond donors (Lipinski definition) is 0. The fraction of sp³-hybridized carbons (Fsp3) is 0. The molecule has 0 saturated carbocycles. The molecule has 13 aromatic rings. The summed E-state index contributed by atoms with van der Waals surface area (Å²) in [6.45, 7) is 0. The maximum Gasteiger partial charge on any atom is 0.136 e. The molecule has 69 heavy (non-hydrogen) atoms. The molecule has 0 bridgehead atoms. The third-order valence-electron chi connectivity index (χ3n) is 13.6. The quantitative estimate of drug-likeness (QED) is 0.144. The molecule has 0 N–H and O–H groups in total. The third kappa shape index (κ3) is 7.08. The van der Waals surface area contributed by atoms with Crippen molar-refractivity contribution < 1.29 is 4.42 Å². The van der Waals surface area contributed by atoms with Crippen molar-refractivity contribution in [1.82, 2.24) is 4.57 Å². The Kier molecular flexibility index (Phi) is 9.84. The lowest BCUT2D eigenvalue weighted by molar-refractivity contribution is 0.669. The maximum absolute atomic E-state index is 6.44. The first-order valence-electron chi connectivity index (χ1n) is 23.6. The SMILES string of the molecule is c1ccc(-c2ccccc2-c2ccccc2N(c2ccc(-c3cccc(-c4ccc(-n5c6ccccc6c6ccccc65)cc4)c3)cc2)c2ccccc2-c2ccc3c(c2)oc2ccccc23)cc1. The van der Waals surface area contributed by atoms with Crippen molar-refractivity contribution in [2.45, 2.75) is 0 Å². The van der Waals surface area contributed by atoms with Gasteiger partial charge in [-0.1, -0.05) is 194 Å². The van der Waals surface area contributed by atoms with Crippen LogP contribution in [0.3, 0.4) is 0 Å². The third-order valence-corrected chi connectivity index (χ3v) is 13.6. The van der Waals surface area contributed by atoms with Gasteiger partial charge in [0, 0.05) is 44.0 Å². The number of rotatable bonds is 9. The van der Waals surface area contributed by atoms with Crippen LogP contribution in [0.2, 0.25) is 0 Å². The van der Waals surface area contributed by atoms with Crippen LogP contribution in [-0.2, 0) is 0 Å². The lowest BCUT2D eigenvalue weighted by Crippen LogP contribution is -2.12. The van der Waals surface area contributed by atoms with Gasteiger partial charge in [-0.25, -0.2) is 0 Å². The number of anilines is 3. The molecule has 13 rings (SSSR count). The molecule has 0 amide bonds. The Bertz CT molecular complexity index is 3960. The molecule has 0 aliphatic carbocycles. The van der Waals surface area contributed by atoms with Gasteiger partial charge in [-0.15, -0.1) is 0 Å². The molecule has 0 unspecified atom stereocenters. The zero-order valence-electron chi connectivity index (χ0n) is 37.7. The van der Waals surface area contributed by atoms with Gasteiger partial charge in [0.15, 0.2) is 0 Å². The number of hydrogen-bond acceptors (Lipinski definition) is 2. The van der Waals surface area contributed by atoms with Crippen molar-refractivity contribution in [2.24, 2.45) is 0 Å². The molecule has 0 spiro atoms. The summed E-state index contributed by atoms with van der Waals surface area (Å²) >= 11 is 0. The van der Waals surface area contributed by atoms with Crippen LogP contribution in [0.4, 0.5) is 17.1 Å². The molecule has 324 valence electrons. The zero-order valence-corrected chi connectivity index (χ0v) is 37.7. The molecule has 0 aliphatic rings. The number of nitrogens with zero attached hydrogens (tertiary/aromatic N) is 2. The second kappa shape index (κ2) is 16.9. The predicted molar refractivity (Wildman–Crippen MR) is 290 cm³/mol. The van der Waals surface area contributed by atoms with Crippen LogP contribution in [0, 0.1) is 0 Å². The molecule has 0 fully saturated rings. The van der Waals surface area contributed by atoms with Crippen LogP contribution < -0.4 is 4.90 Å². The average Bonchev–Trinajstić information content (AvgIpc) is 3.97. The van der Waals surface area contributed by atoms with Gasteiger partial charge in [0.2, 0.25) is 0 Å². The van der Waals surface area contributed by atoms with E-state index in [1.54, 1.807) is 0 Å². The average molecular weight is 881 g/mol. The molecular formula is C66H44N2O. The van der Waals surface area contributed by atoms with E-state index in [0.717, 1.165) is 72.5 Å². The number of benzene rings is 11. The topological polar surface area (TPSA) is 21.3 Å². The smallest absolute Gasteiger partial charge is 0.136 e. The normalized spacial score (nSPS) is 11.5. The molecule has 3 nitrogen and oxygen atoms in total. The van der Waals surface area contributed by atoms with Crippen LogP contribution in [0.1, 0.15) is 0 Å². The molecule has 3 heteroatoms. The Morgan fingerprint density at radius 2 is 0.768 bits per heavy atom. The van der Waals surface area contributed by atoms with E-state index in [4.69, 9.17) is 4.42 Å². The van der Waals surface area contributed by atoms with E-state index in [1.807, 2.05) is 12.1 Å². The summed E-state index contributed by atoms with van der Waals surface area (Å²) in [6.07, 6.45) is 0. The Balaban J connectivity index is 0.904. The summed E-state index contributed by atoms with van der Waals surface area (Å²) in [5.41, 5.74) is 20.1. The number of para-hydroxylation sites is 5. The minimum absolute atomic E-state index is 0.873. The molecule has 11 aromatic carbocycles. The van der Waals surface area contributed by atoms with Crippen molar-refractivity contribution >= 4 is 60.8 Å². The van der Waals surface area contributed by atoms with Gasteiger partial charge in [0.25, 0.3) is 0 Å². The standard InChI is InChI=1S/C66H44N2O/c1-2-17-47(18-3-1)53-21-4-5-23-55(53)56-24-7-12-29-62(56)67(61-28-11-6-22-54(61)50-37-42-60-59-27-10-15-32-65(59)69-66(60)44-50)51-38-33-45(34-39-51)48-19-16-20-49(43-48)46-35-40-52(41-36-46)68-63-30-13-8-25-57(63)58-26-9-14-31-64(58)68/h1-44H. The summed E-state index contributed by atoms with van der Waals surface area (Å²) in [4.78, 5) is 2.42. The van der Waals surface area contributed by atoms with Crippen LogP contribution >= 0.6 is 0 Å². The Labute approximate surface area is 401 Å². The van der Waals surface area contributed by atoms with Crippen molar-refractivity contribution in [1.29, 1.82) is 0 Å². The molecule has 0 aliphatic heterocycles. The fourth-order valence-electron chi connectivity index (χ4n) is 10.4. The van der Waals surface area contributed by atoms with E-state index in [-0.39, 0.29) is 0 Å². The minimum Gasteiger partial charge on any atom is -0.456 e. The highest BCUT2D eigenvalue weighted by atomic mass is 16.3. The number of aromatic nitrogens is 1. The summed E-state index contributed by atoms with van der Waals surface area (Å²) < 4.78 is 8.81. The van der Waals surface area contributed by atoms with Gasteiger partial charge in [0.1, 0.15) is 11.2 Å². The lowest BCUT2D eigenvalue weighted by atomic mass is 9.92. The fourth-order valence-corrected chi connectivity index (χ4v) is 10.4. The zero-order chi connectivity index (χ0) is 45.7. The van der Waals surface area contributed by atoms with Gasteiger partial charge in [-0.2, -0.15) is 0 Å². The Morgan fingerprint density at radius 3 is 1.46 bits per heavy atom. The maximum atomic E-state index is 6.44. The van der Waals surface area contributed by atoms with Crippen LogP contribution in [0.15, 0.2) is 271 Å². The first kappa shape index (κ1) is 40.1. The van der Waals surface area contributed by atoms with Crippen molar-refractivity contribution in [3.05, 3.63) is 267 Å². The minimum atomic E-state index is 0.873. The van der Waals surface area contributed by atoms with E-state index in [9.17, 15) is 0 Å². The van der Waals surface area contributed by atoms with Crippen LogP contribution in [0.5, 0.6) is 0 Å². The van der Waals surface area contributed by atoms with Gasteiger partial charge < -0.3 is 13.9 Å². The highest BCUT2D eigenvalue weighted by Crippen LogP contribution is 2.47. The van der Waals surface area contributed by atoms with Gasteiger partial charge in [-0.05, 0) is 117 Å². The highest BCUT2D eigenvalue weighted by molar-refractivity contribution is 6.09. The second-order valence-electron chi connectivity index (χ2n) is 17.6. The number of fused-ring (bicyclic) bond motifs is 6. The van der Waals surface area contributed by atoms with E-state index in [0.29, 0.717) is 0 Å². The summed E-state index contributed by atoms with van der Waals surface area (Å²) in [6, 6.07) is 96.1. The lowest BCUT2D eigenvalue weighted by Gasteiger charge is -2.30. The van der Waals surface area contributed by atoms with Gasteiger partial charge >= 0.3 is 0 Å². The monoisotopic (exact) mass is 880 g/mol. The molecular weight excluding hydrogens is 837 g/mol. The van der Waals surface area contributed by atoms with E-state index in [1.165, 1.54) is 49.6 Å². The van der Waals surface area contributed by atoms with Crippen molar-refractivity contribution in [3.8, 4) is 61.3 Å². The first-order chi connectivity index (χ1) is 34.2. The molecule has 2 aromatic heterocycles. The van der Waals surface area contributed by atoms with E-state index >= 15 is 0 Å². The van der Waals surface area contributed by atoms with Gasteiger partial charge in [0.05, 0.1) is 22.4 Å². The van der Waals surface area contributed by atoms with Crippen molar-refractivity contribution in [3.63, 3.8) is 0 Å². The van der Waals surface area contributed by atoms with Crippen LogP contribution in [0.25, 0.3) is 105 Å². The van der Waals surface area contributed by atoms with E-state index in [2.05, 4.69) is 264 Å². The van der Waals surface area contributed by atoms with Crippen LogP contribution in [-0.4, -0.2) is 4.57 Å². The Hall–Kier alpha value is -9.18. The summed E-state index contributed by atoms with van der Waals surface area (Å²) in [7, 11) is 0. The second-order valence-corrected chi connectivity index (χ2v) is 17.6. The Morgan fingerprint density at radius 1 is 0.275 bits per heavy atom. The van der Waals surface area contributed by atoms with Crippen molar-refractivity contribution in [2.75, 3.05) is 4.90 Å². The molecule has 0 saturated heterocycles. The molecule has 0 atom stereocenters. The predicted octanol–water partition coefficient (Wildman–Crippen LogP) is 18.5. The molecule has 0 radical (unpaired) electrons. The first-order valence-corrected chi connectivity index (χ1v) is 23.6. The summed E-state index contributed by atoms with van der Waals surface area (Å²) in [5, 5.41) is 4.77. The largest absolute Gasteiger partial charge is 0.456 e. The van der Waals surface area contributed by atoms with Gasteiger partial charge in [-0.3, -0.25) is 0 Å². The molecule has 2 heterocycles. The highest BCUT2D eigenvalue weighted by Gasteiger charge is 2.22. The van der Waals surface area contributed by atoms with E-state index < -0.39 is 0 Å².